The maximum absolute atomic E-state index is 10.8. The predicted molar refractivity (Wildman–Crippen MR) is 108 cm³/mol. The fraction of sp³-hybridized carbons (Fsp3) is 0.143. The first-order valence-corrected chi connectivity index (χ1v) is 9.21. The molecule has 130 valence electrons. The number of hydrogen-bond donors (Lipinski definition) is 2. The van der Waals surface area contributed by atoms with Gasteiger partial charge in [-0.1, -0.05) is 41.7 Å². The molecule has 0 radical (unpaired) electrons. The van der Waals surface area contributed by atoms with Gasteiger partial charge in [0.15, 0.2) is 4.80 Å². The van der Waals surface area contributed by atoms with Crippen LogP contribution < -0.4 is 4.80 Å². The minimum atomic E-state index is 0.0957. The number of aryl methyl sites for hydroxylation is 2. The first-order chi connectivity index (χ1) is 12.5. The summed E-state index contributed by atoms with van der Waals surface area (Å²) in [6.45, 7) is 5.96. The van der Waals surface area contributed by atoms with Gasteiger partial charge in [-0.05, 0) is 50.1 Å². The molecule has 1 aliphatic rings. The lowest BCUT2D eigenvalue weighted by molar-refractivity contribution is 0.438. The molecule has 2 N–H and O–H groups in total. The van der Waals surface area contributed by atoms with Gasteiger partial charge in [-0.25, -0.2) is 0 Å². The lowest BCUT2D eigenvalue weighted by Crippen LogP contribution is -2.11. The Balaban J connectivity index is 1.88. The zero-order valence-electron chi connectivity index (χ0n) is 14.9. The molecule has 2 heterocycles. The highest BCUT2D eigenvalue weighted by Crippen LogP contribution is 2.37. The number of allylic oxidation sites excluding steroid dienone is 1. The Morgan fingerprint density at radius 1 is 1.12 bits per heavy atom. The van der Waals surface area contributed by atoms with Crippen molar-refractivity contribution in [3.8, 4) is 11.6 Å². The molecule has 0 aliphatic carbocycles. The van der Waals surface area contributed by atoms with Crippen LogP contribution in [0, 0.1) is 19.3 Å². The number of nitrogens with zero attached hydrogens (tertiary/aromatic N) is 2. The van der Waals surface area contributed by atoms with E-state index in [0.29, 0.717) is 9.68 Å². The minimum absolute atomic E-state index is 0.0957. The summed E-state index contributed by atoms with van der Waals surface area (Å²) in [4.78, 5) is 5.55. The van der Waals surface area contributed by atoms with Crippen molar-refractivity contribution >= 4 is 34.4 Å². The third kappa shape index (κ3) is 2.61. The maximum atomic E-state index is 10.8. The van der Waals surface area contributed by atoms with Crippen LogP contribution in [0.25, 0.3) is 17.3 Å². The van der Waals surface area contributed by atoms with Crippen LogP contribution in [0.2, 0.25) is 0 Å². The average molecular weight is 361 g/mol. The zero-order valence-corrected chi connectivity index (χ0v) is 15.7. The van der Waals surface area contributed by atoms with Crippen LogP contribution in [0.4, 0.5) is 5.69 Å². The van der Waals surface area contributed by atoms with E-state index in [1.54, 1.807) is 4.57 Å². The van der Waals surface area contributed by atoms with Crippen molar-refractivity contribution in [3.63, 3.8) is 0 Å². The Labute approximate surface area is 155 Å². The van der Waals surface area contributed by atoms with E-state index in [9.17, 15) is 5.11 Å². The van der Waals surface area contributed by atoms with E-state index in [1.165, 1.54) is 11.3 Å². The molecule has 4 rings (SSSR count). The highest BCUT2D eigenvalue weighted by Gasteiger charge is 2.20. The Bertz CT molecular complexity index is 1150. The summed E-state index contributed by atoms with van der Waals surface area (Å²) in [6.07, 6.45) is 1.93. The molecule has 0 atom stereocenters. The molecule has 0 amide bonds. The van der Waals surface area contributed by atoms with Crippen molar-refractivity contribution in [1.82, 2.24) is 4.57 Å². The first-order valence-electron chi connectivity index (χ1n) is 8.39. The summed E-state index contributed by atoms with van der Waals surface area (Å²) >= 11 is 1.26. The van der Waals surface area contributed by atoms with Crippen LogP contribution in [-0.4, -0.2) is 15.4 Å². The van der Waals surface area contributed by atoms with Gasteiger partial charge in [0.25, 0.3) is 0 Å². The number of thiazole rings is 1. The van der Waals surface area contributed by atoms with E-state index in [1.807, 2.05) is 69.3 Å². The van der Waals surface area contributed by atoms with E-state index >= 15 is 0 Å². The first kappa shape index (κ1) is 16.5. The average Bonchev–Trinajstić information content (AvgIpc) is 3.07. The van der Waals surface area contributed by atoms with Crippen molar-refractivity contribution in [2.75, 3.05) is 0 Å². The third-order valence-corrected chi connectivity index (χ3v) is 5.49. The van der Waals surface area contributed by atoms with Gasteiger partial charge in [0.05, 0.1) is 16.3 Å². The smallest absolute Gasteiger partial charge is 0.215 e. The highest BCUT2D eigenvalue weighted by atomic mass is 32.1. The highest BCUT2D eigenvalue weighted by molar-refractivity contribution is 7.10. The second-order valence-corrected chi connectivity index (χ2v) is 7.52. The number of rotatable bonds is 2. The Morgan fingerprint density at radius 2 is 1.88 bits per heavy atom. The lowest BCUT2D eigenvalue weighted by Gasteiger charge is -2.09. The van der Waals surface area contributed by atoms with E-state index in [4.69, 9.17) is 5.41 Å². The van der Waals surface area contributed by atoms with Crippen LogP contribution in [0.3, 0.4) is 0 Å². The molecule has 0 fully saturated rings. The van der Waals surface area contributed by atoms with Gasteiger partial charge in [0.1, 0.15) is 0 Å². The van der Waals surface area contributed by atoms with Crippen LogP contribution in [-0.2, 0) is 0 Å². The number of hydrogen-bond acceptors (Lipinski definition) is 4. The molecule has 5 heteroatoms. The van der Waals surface area contributed by atoms with Crippen molar-refractivity contribution in [3.05, 3.63) is 68.8 Å². The number of benzene rings is 2. The molecule has 26 heavy (non-hydrogen) atoms. The molecule has 2 aromatic carbocycles. The normalized spacial score (nSPS) is 14.6. The van der Waals surface area contributed by atoms with Gasteiger partial charge in [-0.2, -0.15) is 0 Å². The van der Waals surface area contributed by atoms with Gasteiger partial charge in [0.2, 0.25) is 5.88 Å². The van der Waals surface area contributed by atoms with E-state index in [2.05, 4.69) is 4.99 Å². The van der Waals surface area contributed by atoms with Crippen molar-refractivity contribution < 1.29 is 5.11 Å². The summed E-state index contributed by atoms with van der Waals surface area (Å²) in [6, 6.07) is 14.0. The van der Waals surface area contributed by atoms with Gasteiger partial charge in [-0.15, -0.1) is 0 Å². The Morgan fingerprint density at radius 3 is 2.69 bits per heavy atom. The monoisotopic (exact) mass is 361 g/mol. The summed E-state index contributed by atoms with van der Waals surface area (Å²) in [5.41, 5.74) is 6.86. The van der Waals surface area contributed by atoms with Crippen LogP contribution in [0.15, 0.2) is 47.5 Å². The fourth-order valence-electron chi connectivity index (χ4n) is 3.23. The van der Waals surface area contributed by atoms with Crippen LogP contribution in [0.1, 0.15) is 28.5 Å². The number of fused-ring (bicyclic) bond motifs is 1. The molecule has 0 saturated carbocycles. The summed E-state index contributed by atoms with van der Waals surface area (Å²) in [7, 11) is 0. The quantitative estimate of drug-likeness (QED) is 0.664. The van der Waals surface area contributed by atoms with Gasteiger partial charge in [-0.3, -0.25) is 15.0 Å². The number of nitrogens with one attached hydrogen (secondary N) is 1. The summed E-state index contributed by atoms with van der Waals surface area (Å²) < 4.78 is 1.60. The predicted octanol–water partition coefficient (Wildman–Crippen LogP) is 4.99. The largest absolute Gasteiger partial charge is 0.493 e. The topological polar surface area (TPSA) is 61.4 Å². The van der Waals surface area contributed by atoms with E-state index in [-0.39, 0.29) is 5.88 Å². The zero-order chi connectivity index (χ0) is 18.4. The van der Waals surface area contributed by atoms with Gasteiger partial charge < -0.3 is 5.11 Å². The van der Waals surface area contributed by atoms with Crippen molar-refractivity contribution in [2.45, 2.75) is 20.8 Å². The maximum Gasteiger partial charge on any atom is 0.215 e. The lowest BCUT2D eigenvalue weighted by atomic mass is 10.0. The molecule has 3 aromatic rings. The fourth-order valence-corrected chi connectivity index (χ4v) is 4.07. The van der Waals surface area contributed by atoms with E-state index in [0.717, 1.165) is 39.3 Å². The van der Waals surface area contributed by atoms with E-state index < -0.39 is 0 Å². The molecule has 0 unspecified atom stereocenters. The second-order valence-electron chi connectivity index (χ2n) is 6.49. The third-order valence-electron chi connectivity index (χ3n) is 4.60. The van der Waals surface area contributed by atoms with Gasteiger partial charge in [0, 0.05) is 16.8 Å². The molecule has 0 spiro atoms. The molecular weight excluding hydrogens is 342 g/mol. The molecule has 4 nitrogen and oxygen atoms in total. The van der Waals surface area contributed by atoms with Crippen LogP contribution in [0.5, 0.6) is 5.88 Å². The Kier molecular flexibility index (Phi) is 3.89. The SMILES string of the molecule is CC1=Nc2ccccc2/C1=C/c1sc(=N)n(-c2cc(C)ccc2C)c1O. The molecule has 1 aliphatic heterocycles. The van der Waals surface area contributed by atoms with Gasteiger partial charge >= 0.3 is 0 Å². The minimum Gasteiger partial charge on any atom is -0.493 e. The number of para-hydroxylation sites is 1. The summed E-state index contributed by atoms with van der Waals surface area (Å²) in [5.74, 6) is 0.0957. The molecular formula is C21H19N3OS. The number of aliphatic imine (C=N–C) groups is 1. The molecule has 0 bridgehead atoms. The molecule has 0 saturated heterocycles. The Hall–Kier alpha value is -2.92. The molecule has 1 aromatic heterocycles. The summed E-state index contributed by atoms with van der Waals surface area (Å²) in [5, 5.41) is 19.2. The van der Waals surface area contributed by atoms with Crippen molar-refractivity contribution in [1.29, 1.82) is 5.41 Å². The van der Waals surface area contributed by atoms with Crippen molar-refractivity contribution in [2.24, 2.45) is 4.99 Å². The second kappa shape index (κ2) is 6.11. The van der Waals surface area contributed by atoms with Crippen LogP contribution >= 0.6 is 11.3 Å². The number of aromatic hydroxyl groups is 1. The number of aromatic nitrogens is 1. The standard InChI is InChI=1S/C21H19N3OS/c1-12-8-9-13(2)18(10-12)24-20(25)19(26-21(24)22)11-16-14(3)23-17-7-5-4-6-15(16)17/h4-11,22,25H,1-3H3/b16-11+,22-21?.